The van der Waals surface area contributed by atoms with Crippen LogP contribution < -0.4 is 15.4 Å². The van der Waals surface area contributed by atoms with E-state index < -0.39 is 0 Å². The Balaban J connectivity index is 1.69. The number of rotatable bonds is 6. The SMILES string of the molecule is Cc1c(NC(=O)COc2ccc(C(C)(C)C)cc2C(C)(C)C)cccc1NC(=O)C1CC1. The zero-order valence-electron chi connectivity index (χ0n) is 20.4. The van der Waals surface area contributed by atoms with Crippen LogP contribution in [-0.4, -0.2) is 18.4 Å². The molecule has 5 nitrogen and oxygen atoms in total. The Morgan fingerprint density at radius 3 is 2.12 bits per heavy atom. The third-order valence-corrected chi connectivity index (χ3v) is 5.83. The highest BCUT2D eigenvalue weighted by atomic mass is 16.5. The maximum atomic E-state index is 12.7. The van der Waals surface area contributed by atoms with Crippen molar-refractivity contribution in [2.75, 3.05) is 17.2 Å². The van der Waals surface area contributed by atoms with Gasteiger partial charge in [-0.1, -0.05) is 59.7 Å². The molecule has 2 aromatic rings. The largest absolute Gasteiger partial charge is 0.483 e. The Labute approximate surface area is 191 Å². The zero-order chi connectivity index (χ0) is 23.7. The molecule has 3 rings (SSSR count). The van der Waals surface area contributed by atoms with Crippen LogP contribution in [-0.2, 0) is 20.4 Å². The van der Waals surface area contributed by atoms with Gasteiger partial charge in [0.25, 0.3) is 5.91 Å². The number of carbonyl (C=O) groups excluding carboxylic acids is 2. The summed E-state index contributed by atoms with van der Waals surface area (Å²) in [5, 5.41) is 5.88. The van der Waals surface area contributed by atoms with Crippen molar-refractivity contribution in [1.29, 1.82) is 0 Å². The van der Waals surface area contributed by atoms with Gasteiger partial charge in [0, 0.05) is 17.3 Å². The molecule has 0 aliphatic heterocycles. The predicted octanol–water partition coefficient (Wildman–Crippen LogP) is 5.96. The van der Waals surface area contributed by atoms with Gasteiger partial charge in [0.2, 0.25) is 5.91 Å². The van der Waals surface area contributed by atoms with Crippen molar-refractivity contribution in [3.8, 4) is 5.75 Å². The molecule has 1 aliphatic rings. The van der Waals surface area contributed by atoms with Gasteiger partial charge in [-0.2, -0.15) is 0 Å². The lowest BCUT2D eigenvalue weighted by molar-refractivity contribution is -0.118. The van der Waals surface area contributed by atoms with Crippen LogP contribution in [0.15, 0.2) is 36.4 Å². The predicted molar refractivity (Wildman–Crippen MR) is 130 cm³/mol. The van der Waals surface area contributed by atoms with E-state index >= 15 is 0 Å². The molecule has 172 valence electrons. The fourth-order valence-corrected chi connectivity index (χ4v) is 3.52. The monoisotopic (exact) mass is 436 g/mol. The third-order valence-electron chi connectivity index (χ3n) is 5.83. The zero-order valence-corrected chi connectivity index (χ0v) is 20.4. The summed E-state index contributed by atoms with van der Waals surface area (Å²) < 4.78 is 5.96. The number of ether oxygens (including phenoxy) is 1. The highest BCUT2D eigenvalue weighted by Crippen LogP contribution is 2.35. The number of amides is 2. The maximum absolute atomic E-state index is 12.7. The van der Waals surface area contributed by atoms with Gasteiger partial charge in [-0.3, -0.25) is 9.59 Å². The first kappa shape index (κ1) is 23.8. The van der Waals surface area contributed by atoms with Crippen molar-refractivity contribution in [3.05, 3.63) is 53.1 Å². The van der Waals surface area contributed by atoms with E-state index in [0.717, 1.165) is 35.4 Å². The fourth-order valence-electron chi connectivity index (χ4n) is 3.52. The number of hydrogen-bond acceptors (Lipinski definition) is 3. The molecule has 1 fully saturated rings. The Morgan fingerprint density at radius 2 is 1.56 bits per heavy atom. The van der Waals surface area contributed by atoms with Crippen LogP contribution in [0.25, 0.3) is 0 Å². The van der Waals surface area contributed by atoms with E-state index in [2.05, 4.69) is 64.3 Å². The van der Waals surface area contributed by atoms with Crippen LogP contribution in [0, 0.1) is 12.8 Å². The van der Waals surface area contributed by atoms with E-state index in [4.69, 9.17) is 4.74 Å². The minimum atomic E-state index is -0.237. The van der Waals surface area contributed by atoms with Crippen LogP contribution >= 0.6 is 0 Å². The Morgan fingerprint density at radius 1 is 0.938 bits per heavy atom. The molecule has 1 saturated carbocycles. The normalized spacial score (nSPS) is 14.1. The number of nitrogens with one attached hydrogen (secondary N) is 2. The molecule has 0 aromatic heterocycles. The van der Waals surface area contributed by atoms with E-state index in [9.17, 15) is 9.59 Å². The first-order valence-corrected chi connectivity index (χ1v) is 11.3. The second kappa shape index (κ2) is 8.97. The molecular formula is C27H36N2O3. The molecule has 2 aromatic carbocycles. The lowest BCUT2D eigenvalue weighted by atomic mass is 9.80. The Hall–Kier alpha value is -2.82. The lowest BCUT2D eigenvalue weighted by Gasteiger charge is -2.27. The van der Waals surface area contributed by atoms with Gasteiger partial charge in [-0.15, -0.1) is 0 Å². The Kier molecular flexibility index (Phi) is 6.68. The van der Waals surface area contributed by atoms with Crippen molar-refractivity contribution >= 4 is 23.2 Å². The minimum Gasteiger partial charge on any atom is -0.483 e. The van der Waals surface area contributed by atoms with Gasteiger partial charge < -0.3 is 15.4 Å². The third kappa shape index (κ3) is 5.90. The standard InChI is InChI=1S/C27H36N2O3/c1-17-21(9-8-10-22(17)29-25(31)18-11-12-18)28-24(30)16-32-23-14-13-19(26(2,3)4)15-20(23)27(5,6)7/h8-10,13-15,18H,11-12,16H2,1-7H3,(H,28,30)(H,29,31). The first-order chi connectivity index (χ1) is 14.9. The van der Waals surface area contributed by atoms with E-state index in [0.29, 0.717) is 5.69 Å². The second-order valence-electron chi connectivity index (χ2n) is 10.8. The maximum Gasteiger partial charge on any atom is 0.262 e. The van der Waals surface area contributed by atoms with E-state index in [1.807, 2.05) is 31.2 Å². The number of carbonyl (C=O) groups is 2. The second-order valence-corrected chi connectivity index (χ2v) is 10.8. The number of benzene rings is 2. The number of anilines is 2. The molecule has 0 unspecified atom stereocenters. The molecule has 0 atom stereocenters. The van der Waals surface area contributed by atoms with Crippen molar-refractivity contribution in [2.45, 2.75) is 72.1 Å². The van der Waals surface area contributed by atoms with Gasteiger partial charge in [-0.05, 0) is 65.5 Å². The molecule has 0 radical (unpaired) electrons. The molecule has 0 spiro atoms. The van der Waals surface area contributed by atoms with Crippen LogP contribution in [0.3, 0.4) is 0 Å². The smallest absolute Gasteiger partial charge is 0.262 e. The summed E-state index contributed by atoms with van der Waals surface area (Å²) in [5.41, 5.74) is 4.48. The quantitative estimate of drug-likeness (QED) is 0.587. The summed E-state index contributed by atoms with van der Waals surface area (Å²) in [5.74, 6) is 0.664. The molecule has 1 aliphatic carbocycles. The van der Waals surface area contributed by atoms with Crippen LogP contribution in [0.5, 0.6) is 5.75 Å². The first-order valence-electron chi connectivity index (χ1n) is 11.3. The summed E-state index contributed by atoms with van der Waals surface area (Å²) in [6.07, 6.45) is 1.90. The average molecular weight is 437 g/mol. The van der Waals surface area contributed by atoms with Crippen molar-refractivity contribution < 1.29 is 14.3 Å². The minimum absolute atomic E-state index is 0.0351. The van der Waals surface area contributed by atoms with Crippen LogP contribution in [0.2, 0.25) is 0 Å². The molecule has 32 heavy (non-hydrogen) atoms. The van der Waals surface area contributed by atoms with E-state index in [1.54, 1.807) is 0 Å². The topological polar surface area (TPSA) is 67.4 Å². The van der Waals surface area contributed by atoms with Gasteiger partial charge in [0.05, 0.1) is 0 Å². The summed E-state index contributed by atoms with van der Waals surface area (Å²) in [4.78, 5) is 24.8. The lowest BCUT2D eigenvalue weighted by Crippen LogP contribution is -2.23. The van der Waals surface area contributed by atoms with E-state index in [-0.39, 0.29) is 35.2 Å². The van der Waals surface area contributed by atoms with Gasteiger partial charge in [0.1, 0.15) is 5.75 Å². The molecular weight excluding hydrogens is 400 g/mol. The highest BCUT2D eigenvalue weighted by Gasteiger charge is 2.30. The fraction of sp³-hybridized carbons (Fsp3) is 0.481. The summed E-state index contributed by atoms with van der Waals surface area (Å²) in [7, 11) is 0. The van der Waals surface area contributed by atoms with Crippen LogP contribution in [0.1, 0.15) is 71.1 Å². The number of hydrogen-bond donors (Lipinski definition) is 2. The highest BCUT2D eigenvalue weighted by molar-refractivity contribution is 5.97. The van der Waals surface area contributed by atoms with E-state index in [1.165, 1.54) is 5.56 Å². The summed E-state index contributed by atoms with van der Waals surface area (Å²) >= 11 is 0. The summed E-state index contributed by atoms with van der Waals surface area (Å²) in [6, 6.07) is 11.7. The van der Waals surface area contributed by atoms with Gasteiger partial charge in [-0.25, -0.2) is 0 Å². The van der Waals surface area contributed by atoms with Crippen molar-refractivity contribution in [2.24, 2.45) is 5.92 Å². The van der Waals surface area contributed by atoms with Crippen molar-refractivity contribution in [3.63, 3.8) is 0 Å². The average Bonchev–Trinajstić information content (AvgIpc) is 3.53. The molecule has 2 N–H and O–H groups in total. The summed E-state index contributed by atoms with van der Waals surface area (Å²) in [6.45, 7) is 14.8. The van der Waals surface area contributed by atoms with Crippen molar-refractivity contribution in [1.82, 2.24) is 0 Å². The molecule has 0 bridgehead atoms. The molecule has 5 heteroatoms. The van der Waals surface area contributed by atoms with Gasteiger partial charge in [0.15, 0.2) is 6.61 Å². The van der Waals surface area contributed by atoms with Gasteiger partial charge >= 0.3 is 0 Å². The van der Waals surface area contributed by atoms with Crippen LogP contribution in [0.4, 0.5) is 11.4 Å². The molecule has 0 heterocycles. The molecule has 0 saturated heterocycles. The Bertz CT molecular complexity index is 1010. The molecule has 2 amide bonds.